The number of H-pyrrole nitrogens is 1. The molecule has 0 saturated carbocycles. The van der Waals surface area contributed by atoms with Gasteiger partial charge in [0.15, 0.2) is 5.82 Å². The molecule has 6 rings (SSSR count). The van der Waals surface area contributed by atoms with Crippen molar-refractivity contribution in [3.05, 3.63) is 81.1 Å². The fourth-order valence-corrected chi connectivity index (χ4v) is 5.48. The van der Waals surface area contributed by atoms with E-state index in [1.165, 1.54) is 6.07 Å². The number of carbonyl (C=O) groups excluding carboxylic acids is 2. The van der Waals surface area contributed by atoms with E-state index in [9.17, 15) is 9.59 Å². The maximum absolute atomic E-state index is 13.8. The predicted molar refractivity (Wildman–Crippen MR) is 143 cm³/mol. The second-order valence-electron chi connectivity index (χ2n) is 10.3. The monoisotopic (exact) mass is 570 g/mol. The molecule has 3 N–H and O–H groups in total. The summed E-state index contributed by atoms with van der Waals surface area (Å²) in [6.45, 7) is 4.82. The summed E-state index contributed by atoms with van der Waals surface area (Å²) in [7, 11) is 0. The highest BCUT2D eigenvalue weighted by atomic mass is 35.5. The molecular weight excluding hydrogens is 543 g/mol. The molecule has 0 spiro atoms. The van der Waals surface area contributed by atoms with Crippen LogP contribution in [0.2, 0.25) is 10.2 Å². The van der Waals surface area contributed by atoms with Gasteiger partial charge in [-0.15, -0.1) is 0 Å². The first kappa shape index (κ1) is 26.2. The SMILES string of the molecule is C[C@H](NC(=O)[C@]1(NC(=O)c2cc(Cl)c(Cl)[nH]2)CO[C@H](c2ccccc2)C1)c1ncc2c(n1)CN(C1COC1)C2. The Hall–Kier alpha value is -3.02. The van der Waals surface area contributed by atoms with Crippen molar-refractivity contribution in [3.8, 4) is 0 Å². The van der Waals surface area contributed by atoms with Crippen LogP contribution in [0.5, 0.6) is 0 Å². The van der Waals surface area contributed by atoms with Crippen LogP contribution in [0.25, 0.3) is 0 Å². The van der Waals surface area contributed by atoms with Crippen LogP contribution in [0, 0.1) is 0 Å². The van der Waals surface area contributed by atoms with Gasteiger partial charge < -0.3 is 25.1 Å². The first-order valence-electron chi connectivity index (χ1n) is 12.8. The van der Waals surface area contributed by atoms with E-state index in [4.69, 9.17) is 37.7 Å². The number of nitrogens with one attached hydrogen (secondary N) is 3. The Labute approximate surface area is 235 Å². The van der Waals surface area contributed by atoms with E-state index >= 15 is 0 Å². The third kappa shape index (κ3) is 5.15. The minimum Gasteiger partial charge on any atom is -0.378 e. The zero-order valence-electron chi connectivity index (χ0n) is 21.2. The van der Waals surface area contributed by atoms with E-state index < -0.39 is 17.5 Å². The molecule has 10 nitrogen and oxygen atoms in total. The molecule has 3 aliphatic heterocycles. The van der Waals surface area contributed by atoms with Crippen LogP contribution < -0.4 is 10.6 Å². The van der Waals surface area contributed by atoms with Crippen molar-refractivity contribution in [1.29, 1.82) is 0 Å². The van der Waals surface area contributed by atoms with Crippen LogP contribution in [-0.4, -0.2) is 63.1 Å². The van der Waals surface area contributed by atoms with Crippen LogP contribution in [0.3, 0.4) is 0 Å². The van der Waals surface area contributed by atoms with Gasteiger partial charge >= 0.3 is 0 Å². The van der Waals surface area contributed by atoms with Gasteiger partial charge in [0.2, 0.25) is 5.91 Å². The lowest BCUT2D eigenvalue weighted by Gasteiger charge is -2.33. The average Bonchev–Trinajstić information content (AvgIpc) is 3.60. The van der Waals surface area contributed by atoms with Gasteiger partial charge in [-0.3, -0.25) is 14.5 Å². The van der Waals surface area contributed by atoms with Gasteiger partial charge in [-0.2, -0.15) is 0 Å². The molecule has 12 heteroatoms. The van der Waals surface area contributed by atoms with Gasteiger partial charge in [0.1, 0.15) is 16.4 Å². The molecule has 2 saturated heterocycles. The van der Waals surface area contributed by atoms with Crippen molar-refractivity contribution < 1.29 is 19.1 Å². The third-order valence-electron chi connectivity index (χ3n) is 7.56. The van der Waals surface area contributed by atoms with E-state index in [1.807, 2.05) is 43.5 Å². The van der Waals surface area contributed by atoms with E-state index in [-0.39, 0.29) is 40.9 Å². The maximum atomic E-state index is 13.8. The number of carbonyl (C=O) groups is 2. The third-order valence-corrected chi connectivity index (χ3v) is 8.26. The van der Waals surface area contributed by atoms with Crippen molar-refractivity contribution in [3.63, 3.8) is 0 Å². The van der Waals surface area contributed by atoms with E-state index in [0.29, 0.717) is 11.9 Å². The number of halogens is 2. The quantitative estimate of drug-likeness (QED) is 0.398. The van der Waals surface area contributed by atoms with Crippen molar-refractivity contribution >= 4 is 35.0 Å². The molecule has 3 aromatic rings. The summed E-state index contributed by atoms with van der Waals surface area (Å²) in [5, 5.41) is 6.28. The minimum atomic E-state index is -1.34. The highest BCUT2D eigenvalue weighted by Crippen LogP contribution is 2.36. The van der Waals surface area contributed by atoms with Crippen molar-refractivity contribution in [2.75, 3.05) is 19.8 Å². The standard InChI is InChI=1S/C27H28Cl2N6O4/c1-15(24-30-9-17-10-35(11-21(17)33-24)18-12-38-13-18)31-26(37)27(34-25(36)20-7-19(28)23(29)32-20)8-22(39-14-27)16-5-3-2-4-6-16/h2-7,9,15,18,22,32H,8,10-14H2,1H3,(H,31,37)(H,34,36)/t15-,22-,27+/m0/s1. The van der Waals surface area contributed by atoms with Crippen LogP contribution in [-0.2, 0) is 27.4 Å². The molecule has 0 bridgehead atoms. The highest BCUT2D eigenvalue weighted by Gasteiger charge is 2.49. The Morgan fingerprint density at radius 1 is 1.21 bits per heavy atom. The second kappa shape index (κ2) is 10.5. The molecule has 204 valence electrons. The van der Waals surface area contributed by atoms with Crippen LogP contribution >= 0.6 is 23.2 Å². The number of benzene rings is 1. The minimum absolute atomic E-state index is 0.0114. The molecule has 2 fully saturated rings. The smallest absolute Gasteiger partial charge is 0.268 e. The summed E-state index contributed by atoms with van der Waals surface area (Å²) < 4.78 is 11.4. The van der Waals surface area contributed by atoms with Crippen LogP contribution in [0.15, 0.2) is 42.6 Å². The Balaban J connectivity index is 1.21. The number of aromatic amines is 1. The molecule has 39 heavy (non-hydrogen) atoms. The summed E-state index contributed by atoms with van der Waals surface area (Å²) in [6, 6.07) is 10.9. The fraction of sp³-hybridized carbons (Fsp3) is 0.407. The molecular formula is C27H28Cl2N6O4. The normalized spacial score (nSPS) is 23.7. The Bertz CT molecular complexity index is 1380. The zero-order chi connectivity index (χ0) is 27.1. The van der Waals surface area contributed by atoms with Gasteiger partial charge in [-0.05, 0) is 18.6 Å². The number of aromatic nitrogens is 3. The van der Waals surface area contributed by atoms with Crippen LogP contribution in [0.1, 0.15) is 58.6 Å². The van der Waals surface area contributed by atoms with E-state index in [1.54, 1.807) is 0 Å². The van der Waals surface area contributed by atoms with Gasteiger partial charge in [0.05, 0.1) is 48.7 Å². The van der Waals surface area contributed by atoms with Crippen molar-refractivity contribution in [2.24, 2.45) is 0 Å². The molecule has 0 unspecified atom stereocenters. The zero-order valence-corrected chi connectivity index (χ0v) is 22.8. The van der Waals surface area contributed by atoms with Crippen molar-refractivity contribution in [1.82, 2.24) is 30.5 Å². The first-order chi connectivity index (χ1) is 18.8. The molecule has 1 aromatic carbocycles. The number of hydrogen-bond acceptors (Lipinski definition) is 7. The summed E-state index contributed by atoms with van der Waals surface area (Å²) in [6.07, 6.45) is 1.70. The molecule has 3 atom stereocenters. The number of nitrogens with zero attached hydrogens (tertiary/aromatic N) is 3. The van der Waals surface area contributed by atoms with E-state index in [2.05, 4.69) is 25.5 Å². The lowest BCUT2D eigenvalue weighted by atomic mass is 9.91. The van der Waals surface area contributed by atoms with Crippen LogP contribution in [0.4, 0.5) is 0 Å². The Morgan fingerprint density at radius 2 is 2.00 bits per heavy atom. The molecule has 0 aliphatic carbocycles. The maximum Gasteiger partial charge on any atom is 0.268 e. The van der Waals surface area contributed by atoms with Crippen molar-refractivity contribution in [2.45, 2.75) is 50.2 Å². The molecule has 2 aromatic heterocycles. The summed E-state index contributed by atoms with van der Waals surface area (Å²) in [5.41, 5.74) is 1.78. The van der Waals surface area contributed by atoms with E-state index in [0.717, 1.165) is 43.1 Å². The fourth-order valence-electron chi connectivity index (χ4n) is 5.17. The topological polar surface area (TPSA) is 121 Å². The predicted octanol–water partition coefficient (Wildman–Crippen LogP) is 3.33. The van der Waals surface area contributed by atoms with Gasteiger partial charge in [-0.1, -0.05) is 53.5 Å². The molecule has 3 aliphatic rings. The van der Waals surface area contributed by atoms with Gasteiger partial charge in [0.25, 0.3) is 5.91 Å². The number of hydrogen-bond donors (Lipinski definition) is 3. The molecule has 5 heterocycles. The number of ether oxygens (including phenoxy) is 2. The summed E-state index contributed by atoms with van der Waals surface area (Å²) >= 11 is 12.0. The largest absolute Gasteiger partial charge is 0.378 e. The molecule has 2 amide bonds. The van der Waals surface area contributed by atoms with Gasteiger partial charge in [-0.25, -0.2) is 9.97 Å². The number of amides is 2. The summed E-state index contributed by atoms with van der Waals surface area (Å²) in [4.78, 5) is 41.4. The molecule has 0 radical (unpaired) electrons. The van der Waals surface area contributed by atoms with Gasteiger partial charge in [0, 0.05) is 31.3 Å². The summed E-state index contributed by atoms with van der Waals surface area (Å²) in [5.74, 6) is -0.391. The lowest BCUT2D eigenvalue weighted by Crippen LogP contribution is -2.59. The Morgan fingerprint density at radius 3 is 2.69 bits per heavy atom. The first-order valence-corrected chi connectivity index (χ1v) is 13.6. The lowest BCUT2D eigenvalue weighted by molar-refractivity contribution is -0.128. The highest BCUT2D eigenvalue weighted by molar-refractivity contribution is 6.41. The second-order valence-corrected chi connectivity index (χ2v) is 11.1. The number of rotatable bonds is 7. The average molecular weight is 571 g/mol. The number of fused-ring (bicyclic) bond motifs is 1. The Kier molecular flexibility index (Phi) is 7.07.